The van der Waals surface area contributed by atoms with Gasteiger partial charge in [0.15, 0.2) is 0 Å². The number of hydrogen-bond acceptors (Lipinski definition) is 3. The number of fused-ring (bicyclic) bond motifs is 3. The van der Waals surface area contributed by atoms with Gasteiger partial charge in [-0.25, -0.2) is 0 Å². The van der Waals surface area contributed by atoms with Crippen LogP contribution in [0, 0.1) is 17.5 Å². The smallest absolute Gasteiger partial charge is 0 e. The average molecular weight is 930 g/mol. The van der Waals surface area contributed by atoms with E-state index >= 15 is 0 Å². The van der Waals surface area contributed by atoms with Gasteiger partial charge in [-0.1, -0.05) is 85.8 Å². The molecule has 0 aliphatic carbocycles. The monoisotopic (exact) mass is 931 g/mol. The Balaban J connectivity index is 0.000000187. The second kappa shape index (κ2) is 16.2. The van der Waals surface area contributed by atoms with Crippen molar-refractivity contribution in [3.63, 3.8) is 0 Å². The summed E-state index contributed by atoms with van der Waals surface area (Å²) in [6, 6.07) is 52.8. The van der Waals surface area contributed by atoms with E-state index in [9.17, 15) is 0 Å². The SMILES string of the molecule is CC(C)(C)Cc1ccnc(-c2[c-]ccc3c2oc2cc(-c4ccccc4)ccc23)c1.[CH3][Ge]([CH3])([CH3])[c]1ccc(-c2[c-]ccc(-c3ccccc3)c2)nc1.[Ir]. The number of hydrogen-bond donors (Lipinski definition) is 0. The molecule has 1 radical (unpaired) electrons. The summed E-state index contributed by atoms with van der Waals surface area (Å²) < 4.78 is 7.80. The summed E-state index contributed by atoms with van der Waals surface area (Å²) in [7, 11) is 0. The molecule has 5 aromatic carbocycles. The van der Waals surface area contributed by atoms with Crippen LogP contribution in [0.4, 0.5) is 0 Å². The van der Waals surface area contributed by atoms with E-state index in [-0.39, 0.29) is 25.5 Å². The van der Waals surface area contributed by atoms with Gasteiger partial charge >= 0.3 is 135 Å². The molecule has 0 fully saturated rings. The zero-order valence-corrected chi connectivity index (χ0v) is 35.7. The molecule has 0 atom stereocenters. The number of benzene rings is 5. The van der Waals surface area contributed by atoms with E-state index in [1.165, 1.54) is 26.6 Å². The summed E-state index contributed by atoms with van der Waals surface area (Å²) in [4.78, 5) is 9.30. The van der Waals surface area contributed by atoms with Crippen LogP contribution in [0.3, 0.4) is 0 Å². The van der Waals surface area contributed by atoms with Crippen molar-refractivity contribution in [1.29, 1.82) is 0 Å². The van der Waals surface area contributed by atoms with Gasteiger partial charge in [0, 0.05) is 31.7 Å². The second-order valence-electron chi connectivity index (χ2n) is 15.6. The molecule has 0 aliphatic rings. The third kappa shape index (κ3) is 9.13. The first-order valence-corrected chi connectivity index (χ1v) is 25.3. The molecule has 3 nitrogen and oxygen atoms in total. The first-order valence-electron chi connectivity index (χ1n) is 17.9. The summed E-state index contributed by atoms with van der Waals surface area (Å²) in [5.41, 5.74) is 11.9. The van der Waals surface area contributed by atoms with Crippen LogP contribution < -0.4 is 4.40 Å². The second-order valence-corrected chi connectivity index (χ2v) is 26.3. The number of furan rings is 1. The minimum absolute atomic E-state index is 0. The molecule has 3 heterocycles. The fourth-order valence-electron chi connectivity index (χ4n) is 6.50. The Morgan fingerprint density at radius 1 is 0.623 bits per heavy atom. The van der Waals surface area contributed by atoms with Crippen LogP contribution in [0.5, 0.6) is 0 Å². The molecule has 5 heteroatoms. The van der Waals surface area contributed by atoms with Crippen LogP contribution in [0.1, 0.15) is 26.3 Å². The van der Waals surface area contributed by atoms with E-state index in [2.05, 4.69) is 176 Å². The Morgan fingerprint density at radius 3 is 1.94 bits per heavy atom. The van der Waals surface area contributed by atoms with Crippen molar-refractivity contribution < 1.29 is 24.5 Å². The molecule has 0 spiro atoms. The number of nitrogens with zero attached hydrogens (tertiary/aromatic N) is 2. The maximum atomic E-state index is 6.37. The number of pyridine rings is 2. The van der Waals surface area contributed by atoms with Gasteiger partial charge in [0.1, 0.15) is 5.58 Å². The molecule has 8 rings (SSSR count). The minimum atomic E-state index is -1.79. The summed E-state index contributed by atoms with van der Waals surface area (Å²) >= 11 is -1.79. The number of aromatic nitrogens is 2. The Hall–Kier alpha value is -4.61. The van der Waals surface area contributed by atoms with Crippen LogP contribution >= 0.6 is 0 Å². The van der Waals surface area contributed by atoms with Gasteiger partial charge in [0.2, 0.25) is 0 Å². The van der Waals surface area contributed by atoms with Crippen molar-refractivity contribution in [2.45, 2.75) is 44.5 Å². The van der Waals surface area contributed by atoms with Crippen molar-refractivity contribution in [2.75, 3.05) is 0 Å². The van der Waals surface area contributed by atoms with Crippen molar-refractivity contribution in [3.8, 4) is 44.8 Å². The molecule has 267 valence electrons. The van der Waals surface area contributed by atoms with Gasteiger partial charge < -0.3 is 9.40 Å². The first kappa shape index (κ1) is 38.1. The maximum Gasteiger partial charge on any atom is 0 e. The van der Waals surface area contributed by atoms with Crippen molar-refractivity contribution in [1.82, 2.24) is 9.97 Å². The van der Waals surface area contributed by atoms with Crippen molar-refractivity contribution >= 4 is 39.6 Å². The van der Waals surface area contributed by atoms with E-state index in [1.54, 1.807) is 0 Å². The third-order valence-corrected chi connectivity index (χ3v) is 13.4. The molecule has 0 bridgehead atoms. The largest absolute Gasteiger partial charge is 0 e. The standard InChI is InChI=1S/C28H24NO.C20H20GeN.Ir/c1-28(2,3)18-19-14-15-29-25(16-19)24-11-7-10-23-22-13-12-21(17-26(22)30-27(23)24)20-8-5-4-6-9-20;1-21(2,3)19-12-13-20(22-15-19)18-11-7-10-17(14-18)16-8-5-4-6-9-16;/h4-10,12-17H,18H2,1-3H3;4-10,12-15H,1-3H3;/q2*-1;. The van der Waals surface area contributed by atoms with Crippen LogP contribution in [-0.4, -0.2) is 23.2 Å². The van der Waals surface area contributed by atoms with E-state index in [0.29, 0.717) is 0 Å². The van der Waals surface area contributed by atoms with Gasteiger partial charge in [-0.05, 0) is 40.8 Å². The Morgan fingerprint density at radius 2 is 1.30 bits per heavy atom. The Bertz CT molecular complexity index is 2440. The van der Waals surface area contributed by atoms with E-state index in [0.717, 1.165) is 56.4 Å². The van der Waals surface area contributed by atoms with Crippen LogP contribution in [-0.2, 0) is 26.5 Å². The molecule has 0 aliphatic heterocycles. The van der Waals surface area contributed by atoms with E-state index in [4.69, 9.17) is 4.42 Å². The summed E-state index contributed by atoms with van der Waals surface area (Å²) in [5, 5.41) is 2.21. The number of rotatable bonds is 6. The predicted octanol–water partition coefficient (Wildman–Crippen LogP) is 12.5. The molecular weight excluding hydrogens is 885 g/mol. The van der Waals surface area contributed by atoms with Gasteiger partial charge in [-0.3, -0.25) is 0 Å². The molecule has 0 saturated carbocycles. The van der Waals surface area contributed by atoms with Crippen LogP contribution in [0.15, 0.2) is 150 Å². The van der Waals surface area contributed by atoms with Crippen LogP contribution in [0.25, 0.3) is 66.7 Å². The fraction of sp³-hybridized carbons (Fsp3) is 0.167. The topological polar surface area (TPSA) is 38.9 Å². The third-order valence-electron chi connectivity index (χ3n) is 9.17. The van der Waals surface area contributed by atoms with E-state index in [1.807, 2.05) is 30.5 Å². The van der Waals surface area contributed by atoms with Gasteiger partial charge in [-0.2, -0.15) is 0 Å². The summed E-state index contributed by atoms with van der Waals surface area (Å²) in [5.74, 6) is 7.16. The molecule has 0 saturated heterocycles. The van der Waals surface area contributed by atoms with Crippen molar-refractivity contribution in [2.24, 2.45) is 5.41 Å². The zero-order valence-electron chi connectivity index (χ0n) is 31.2. The van der Waals surface area contributed by atoms with Gasteiger partial charge in [-0.15, -0.1) is 18.2 Å². The quantitative estimate of drug-likeness (QED) is 0.123. The van der Waals surface area contributed by atoms with Gasteiger partial charge in [0.25, 0.3) is 0 Å². The first-order chi connectivity index (χ1) is 25.0. The Kier molecular flexibility index (Phi) is 11.6. The fourth-order valence-corrected chi connectivity index (χ4v) is 8.67. The molecule has 0 amide bonds. The molecule has 53 heavy (non-hydrogen) atoms. The summed E-state index contributed by atoms with van der Waals surface area (Å²) in [6.45, 7) is 6.76. The maximum absolute atomic E-state index is 6.37. The van der Waals surface area contributed by atoms with Crippen LogP contribution in [0.2, 0.25) is 17.3 Å². The summed E-state index contributed by atoms with van der Waals surface area (Å²) in [6.07, 6.45) is 4.94. The molecule has 3 aromatic heterocycles. The molecule has 0 unspecified atom stereocenters. The predicted molar refractivity (Wildman–Crippen MR) is 221 cm³/mol. The zero-order chi connectivity index (χ0) is 36.3. The van der Waals surface area contributed by atoms with E-state index < -0.39 is 13.3 Å². The molecule has 8 aromatic rings. The average Bonchev–Trinajstić information content (AvgIpc) is 3.53. The van der Waals surface area contributed by atoms with Gasteiger partial charge in [0.05, 0.1) is 5.58 Å². The van der Waals surface area contributed by atoms with Crippen molar-refractivity contribution in [3.05, 3.63) is 164 Å². The minimum Gasteiger partial charge on any atom is 0 e. The Labute approximate surface area is 330 Å². The molecule has 0 N–H and O–H groups in total. The normalized spacial score (nSPS) is 11.5. The molecular formula is C48H44GeIrN2O-2.